The highest BCUT2D eigenvalue weighted by atomic mass is 79.9. The van der Waals surface area contributed by atoms with Crippen molar-refractivity contribution in [2.45, 2.75) is 6.92 Å². The first kappa shape index (κ1) is 18.5. The first-order valence-corrected chi connectivity index (χ1v) is 8.15. The number of hydrogen-bond donors (Lipinski definition) is 3. The number of aromatic hydroxyl groups is 1. The van der Waals surface area contributed by atoms with Crippen molar-refractivity contribution in [3.8, 4) is 11.5 Å². The molecule has 3 N–H and O–H groups in total. The van der Waals surface area contributed by atoms with E-state index in [1.165, 1.54) is 12.3 Å². The normalized spacial score (nSPS) is 10.5. The predicted molar refractivity (Wildman–Crippen MR) is 97.8 cm³/mol. The predicted octanol–water partition coefficient (Wildman–Crippen LogP) is 2.64. The summed E-state index contributed by atoms with van der Waals surface area (Å²) < 4.78 is 5.91. The van der Waals surface area contributed by atoms with Crippen molar-refractivity contribution in [3.05, 3.63) is 52.5 Å². The molecule has 25 heavy (non-hydrogen) atoms. The molecule has 2 amide bonds. The Bertz CT molecular complexity index is 808. The van der Waals surface area contributed by atoms with Crippen molar-refractivity contribution < 1.29 is 19.4 Å². The molecule has 2 aromatic rings. The molecule has 2 aromatic carbocycles. The Balaban J connectivity index is 1.95. The smallest absolute Gasteiger partial charge is 0.329 e. The van der Waals surface area contributed by atoms with Crippen LogP contribution >= 0.6 is 15.9 Å². The van der Waals surface area contributed by atoms with Gasteiger partial charge < -0.3 is 15.2 Å². The van der Waals surface area contributed by atoms with Crippen LogP contribution in [0.1, 0.15) is 12.5 Å². The minimum atomic E-state index is -0.907. The molecule has 0 aliphatic carbocycles. The molecule has 2 rings (SSSR count). The van der Waals surface area contributed by atoms with Crippen LogP contribution in [0.3, 0.4) is 0 Å². The Morgan fingerprint density at radius 1 is 1.24 bits per heavy atom. The van der Waals surface area contributed by atoms with Crippen LogP contribution in [0.15, 0.2) is 52.0 Å². The number of hydrazone groups is 1. The molecule has 0 radical (unpaired) electrons. The van der Waals surface area contributed by atoms with Crippen LogP contribution < -0.4 is 15.5 Å². The van der Waals surface area contributed by atoms with E-state index in [-0.39, 0.29) is 5.75 Å². The summed E-state index contributed by atoms with van der Waals surface area (Å²) in [5, 5.41) is 15.8. The molecule has 0 heterocycles. The molecule has 0 atom stereocenters. The van der Waals surface area contributed by atoms with E-state index in [1.807, 2.05) is 0 Å². The minimum Gasteiger partial charge on any atom is -0.504 e. The van der Waals surface area contributed by atoms with Gasteiger partial charge in [0.2, 0.25) is 0 Å². The van der Waals surface area contributed by atoms with Crippen LogP contribution in [0.2, 0.25) is 0 Å². The fourth-order valence-electron chi connectivity index (χ4n) is 1.84. The van der Waals surface area contributed by atoms with Crippen LogP contribution in [0, 0.1) is 0 Å². The third kappa shape index (κ3) is 5.32. The van der Waals surface area contributed by atoms with Crippen molar-refractivity contribution in [3.63, 3.8) is 0 Å². The van der Waals surface area contributed by atoms with Crippen molar-refractivity contribution in [1.29, 1.82) is 0 Å². The number of phenolic OH excluding ortho intramolecular Hbond substituents is 1. The summed E-state index contributed by atoms with van der Waals surface area (Å²) in [5.74, 6) is -1.43. The van der Waals surface area contributed by atoms with Gasteiger partial charge in [0.05, 0.1) is 18.5 Å². The molecule has 7 nitrogen and oxygen atoms in total. The van der Waals surface area contributed by atoms with Gasteiger partial charge in [-0.2, -0.15) is 5.10 Å². The van der Waals surface area contributed by atoms with Crippen molar-refractivity contribution >= 4 is 39.6 Å². The van der Waals surface area contributed by atoms with Crippen LogP contribution in [-0.4, -0.2) is 29.7 Å². The van der Waals surface area contributed by atoms with Gasteiger partial charge in [-0.3, -0.25) is 9.59 Å². The van der Waals surface area contributed by atoms with Crippen molar-refractivity contribution in [1.82, 2.24) is 5.43 Å². The number of carbonyl (C=O) groups is 2. The van der Waals surface area contributed by atoms with Gasteiger partial charge >= 0.3 is 11.8 Å². The highest BCUT2D eigenvalue weighted by molar-refractivity contribution is 9.10. The van der Waals surface area contributed by atoms with Crippen LogP contribution in [0.4, 0.5) is 5.69 Å². The highest BCUT2D eigenvalue weighted by Crippen LogP contribution is 2.26. The zero-order valence-corrected chi connectivity index (χ0v) is 14.9. The molecule has 0 saturated carbocycles. The molecule has 0 aromatic heterocycles. The zero-order chi connectivity index (χ0) is 18.2. The molecule has 0 bridgehead atoms. The first-order valence-electron chi connectivity index (χ1n) is 7.36. The fourth-order valence-corrected chi connectivity index (χ4v) is 2.22. The summed E-state index contributed by atoms with van der Waals surface area (Å²) in [6.45, 7) is 2.20. The fraction of sp³-hybridized carbons (Fsp3) is 0.118. The summed E-state index contributed by atoms with van der Waals surface area (Å²) in [6, 6.07) is 11.5. The second-order valence-corrected chi connectivity index (χ2v) is 5.65. The quantitative estimate of drug-likeness (QED) is 0.404. The number of phenols is 1. The van der Waals surface area contributed by atoms with Crippen LogP contribution in [0.5, 0.6) is 11.5 Å². The second kappa shape index (κ2) is 8.84. The lowest BCUT2D eigenvalue weighted by atomic mass is 10.2. The molecule has 0 spiro atoms. The van der Waals surface area contributed by atoms with E-state index in [2.05, 4.69) is 31.8 Å². The van der Waals surface area contributed by atoms with Gasteiger partial charge in [-0.1, -0.05) is 12.1 Å². The second-order valence-electron chi connectivity index (χ2n) is 4.79. The molecule has 8 heteroatoms. The number of amides is 2. The van der Waals surface area contributed by atoms with Crippen molar-refractivity contribution in [2.75, 3.05) is 11.9 Å². The SMILES string of the molecule is CCOc1cc(/C=N\NC(=O)C(=O)Nc2ccccc2Br)ccc1O. The molecule has 0 fully saturated rings. The monoisotopic (exact) mass is 405 g/mol. The summed E-state index contributed by atoms with van der Waals surface area (Å²) in [7, 11) is 0. The van der Waals surface area contributed by atoms with Gasteiger partial charge in [0.1, 0.15) is 0 Å². The highest BCUT2D eigenvalue weighted by Gasteiger charge is 2.14. The number of nitrogens with zero attached hydrogens (tertiary/aromatic N) is 1. The molecule has 0 unspecified atom stereocenters. The maximum Gasteiger partial charge on any atom is 0.329 e. The number of carbonyl (C=O) groups excluding carboxylic acids is 2. The summed E-state index contributed by atoms with van der Waals surface area (Å²) in [5.41, 5.74) is 3.21. The number of benzene rings is 2. The maximum absolute atomic E-state index is 11.8. The summed E-state index contributed by atoms with van der Waals surface area (Å²) >= 11 is 3.27. The van der Waals surface area contributed by atoms with E-state index in [0.717, 1.165) is 0 Å². The Morgan fingerprint density at radius 3 is 2.72 bits per heavy atom. The third-order valence-corrected chi connectivity index (χ3v) is 3.68. The number of nitrogens with one attached hydrogen (secondary N) is 2. The van der Waals surface area contributed by atoms with E-state index in [4.69, 9.17) is 4.74 Å². The average molecular weight is 406 g/mol. The number of anilines is 1. The molecule has 130 valence electrons. The lowest BCUT2D eigenvalue weighted by Gasteiger charge is -2.06. The number of hydrogen-bond acceptors (Lipinski definition) is 5. The van der Waals surface area contributed by atoms with E-state index in [1.54, 1.807) is 43.3 Å². The first-order chi connectivity index (χ1) is 12.0. The number of rotatable bonds is 5. The standard InChI is InChI=1S/C17H16BrN3O4/c1-2-25-15-9-11(7-8-14(15)22)10-19-21-17(24)16(23)20-13-6-4-3-5-12(13)18/h3-10,22H,2H2,1H3,(H,20,23)(H,21,24)/b19-10-. The molecule has 0 saturated heterocycles. The number of halogens is 1. The van der Waals surface area contributed by atoms with Gasteiger partial charge in [-0.25, -0.2) is 5.43 Å². The maximum atomic E-state index is 11.8. The molecular weight excluding hydrogens is 390 g/mol. The van der Waals surface area contributed by atoms with E-state index in [9.17, 15) is 14.7 Å². The van der Waals surface area contributed by atoms with Crippen LogP contribution in [0.25, 0.3) is 0 Å². The third-order valence-electron chi connectivity index (χ3n) is 2.99. The summed E-state index contributed by atoms with van der Waals surface area (Å²) in [6.07, 6.45) is 1.34. The average Bonchev–Trinajstić information content (AvgIpc) is 2.59. The largest absolute Gasteiger partial charge is 0.504 e. The van der Waals surface area contributed by atoms with Gasteiger partial charge in [-0.05, 0) is 58.7 Å². The van der Waals surface area contributed by atoms with E-state index < -0.39 is 11.8 Å². The number of para-hydroxylation sites is 1. The molecular formula is C17H16BrN3O4. The molecule has 0 aliphatic rings. The zero-order valence-electron chi connectivity index (χ0n) is 13.3. The van der Waals surface area contributed by atoms with Crippen molar-refractivity contribution in [2.24, 2.45) is 5.10 Å². The number of ether oxygens (including phenoxy) is 1. The van der Waals surface area contributed by atoms with E-state index >= 15 is 0 Å². The summed E-state index contributed by atoms with van der Waals surface area (Å²) in [4.78, 5) is 23.6. The van der Waals surface area contributed by atoms with E-state index in [0.29, 0.717) is 28.1 Å². The van der Waals surface area contributed by atoms with Gasteiger partial charge in [0.15, 0.2) is 11.5 Å². The van der Waals surface area contributed by atoms with Gasteiger partial charge in [0, 0.05) is 4.47 Å². The molecule has 0 aliphatic heterocycles. The Labute approximate surface area is 152 Å². The van der Waals surface area contributed by atoms with Gasteiger partial charge in [-0.15, -0.1) is 0 Å². The lowest BCUT2D eigenvalue weighted by molar-refractivity contribution is -0.136. The van der Waals surface area contributed by atoms with Gasteiger partial charge in [0.25, 0.3) is 0 Å². The minimum absolute atomic E-state index is 0.0100. The van der Waals surface area contributed by atoms with Crippen LogP contribution in [-0.2, 0) is 9.59 Å². The topological polar surface area (TPSA) is 100 Å². The lowest BCUT2D eigenvalue weighted by Crippen LogP contribution is -2.32. The Morgan fingerprint density at radius 2 is 2.00 bits per heavy atom. The Kier molecular flexibility index (Phi) is 6.53. The Hall–Kier alpha value is -2.87.